The number of ketones is 1. The van der Waals surface area contributed by atoms with Crippen molar-refractivity contribution >= 4 is 17.4 Å². The van der Waals surface area contributed by atoms with E-state index in [1.807, 2.05) is 19.9 Å². The molecule has 2 rings (SSSR count). The molecule has 4 heteroatoms. The van der Waals surface area contributed by atoms with Crippen molar-refractivity contribution in [2.45, 2.75) is 27.2 Å². The Balaban J connectivity index is 2.21. The lowest BCUT2D eigenvalue weighted by molar-refractivity contribution is -0.114. The van der Waals surface area contributed by atoms with Crippen molar-refractivity contribution < 1.29 is 9.59 Å². The zero-order valence-electron chi connectivity index (χ0n) is 13.0. The van der Waals surface area contributed by atoms with Gasteiger partial charge in [-0.2, -0.15) is 0 Å². The summed E-state index contributed by atoms with van der Waals surface area (Å²) < 4.78 is 0. The molecule has 0 spiro atoms. The fraction of sp³-hybridized carbons (Fsp3) is 0.412. The second-order valence-corrected chi connectivity index (χ2v) is 5.63. The number of benzene rings is 1. The van der Waals surface area contributed by atoms with E-state index >= 15 is 0 Å². The Morgan fingerprint density at radius 2 is 2.00 bits per heavy atom. The van der Waals surface area contributed by atoms with Gasteiger partial charge >= 0.3 is 0 Å². The van der Waals surface area contributed by atoms with E-state index in [0.29, 0.717) is 18.7 Å². The monoisotopic (exact) mass is 286 g/mol. The first-order chi connectivity index (χ1) is 9.95. The van der Waals surface area contributed by atoms with E-state index < -0.39 is 11.7 Å². The number of rotatable bonds is 6. The minimum absolute atomic E-state index is 0.387. The Bertz CT molecular complexity index is 605. The SMILES string of the molecule is C=C(CNCCC)CN1C(=O)C(=O)c2cc(C)cc(C)c21. The number of nitrogens with one attached hydrogen (secondary N) is 1. The van der Waals surface area contributed by atoms with Crippen LogP contribution < -0.4 is 10.2 Å². The average Bonchev–Trinajstić information content (AvgIpc) is 2.64. The number of amides is 1. The van der Waals surface area contributed by atoms with Crippen LogP contribution in [0.2, 0.25) is 0 Å². The van der Waals surface area contributed by atoms with E-state index in [4.69, 9.17) is 0 Å². The molecule has 1 amide bonds. The molecule has 0 saturated heterocycles. The normalized spacial score (nSPS) is 13.8. The molecule has 0 radical (unpaired) electrons. The van der Waals surface area contributed by atoms with E-state index in [2.05, 4.69) is 18.8 Å². The molecule has 1 aromatic rings. The van der Waals surface area contributed by atoms with Gasteiger partial charge in [0.2, 0.25) is 0 Å². The lowest BCUT2D eigenvalue weighted by Crippen LogP contribution is -2.34. The van der Waals surface area contributed by atoms with Gasteiger partial charge in [0.05, 0.1) is 11.3 Å². The quantitative estimate of drug-likeness (QED) is 0.496. The van der Waals surface area contributed by atoms with Crippen molar-refractivity contribution in [2.24, 2.45) is 0 Å². The summed E-state index contributed by atoms with van der Waals surface area (Å²) in [5, 5.41) is 3.26. The van der Waals surface area contributed by atoms with Crippen LogP contribution in [-0.4, -0.2) is 31.3 Å². The molecule has 1 aliphatic rings. The molecule has 112 valence electrons. The van der Waals surface area contributed by atoms with Gasteiger partial charge < -0.3 is 10.2 Å². The van der Waals surface area contributed by atoms with Crippen molar-refractivity contribution in [2.75, 3.05) is 24.5 Å². The molecule has 0 saturated carbocycles. The van der Waals surface area contributed by atoms with Crippen LogP contribution in [0.1, 0.15) is 34.8 Å². The summed E-state index contributed by atoms with van der Waals surface area (Å²) in [4.78, 5) is 25.9. The number of fused-ring (bicyclic) bond motifs is 1. The molecule has 0 unspecified atom stereocenters. The molecule has 0 atom stereocenters. The molecule has 1 aliphatic heterocycles. The minimum Gasteiger partial charge on any atom is -0.313 e. The maximum Gasteiger partial charge on any atom is 0.299 e. The summed E-state index contributed by atoms with van der Waals surface area (Å²) in [6.45, 7) is 11.9. The Kier molecular flexibility index (Phi) is 4.58. The molecule has 0 aliphatic carbocycles. The molecule has 4 nitrogen and oxygen atoms in total. The predicted octanol–water partition coefficient (Wildman–Crippen LogP) is 2.39. The number of carbonyl (C=O) groups excluding carboxylic acids is 2. The molecular weight excluding hydrogens is 264 g/mol. The van der Waals surface area contributed by atoms with Crippen LogP contribution in [0.3, 0.4) is 0 Å². The van der Waals surface area contributed by atoms with Crippen molar-refractivity contribution in [3.63, 3.8) is 0 Å². The van der Waals surface area contributed by atoms with Crippen LogP contribution in [0.15, 0.2) is 24.3 Å². The van der Waals surface area contributed by atoms with Crippen molar-refractivity contribution in [3.05, 3.63) is 41.0 Å². The largest absolute Gasteiger partial charge is 0.313 e. The van der Waals surface area contributed by atoms with Gasteiger partial charge in [-0.25, -0.2) is 0 Å². The van der Waals surface area contributed by atoms with E-state index in [9.17, 15) is 9.59 Å². The Labute approximate surface area is 125 Å². The molecule has 0 bridgehead atoms. The number of hydrogen-bond donors (Lipinski definition) is 1. The van der Waals surface area contributed by atoms with Crippen molar-refractivity contribution in [1.82, 2.24) is 5.32 Å². The van der Waals surface area contributed by atoms with Crippen LogP contribution in [0, 0.1) is 13.8 Å². The van der Waals surface area contributed by atoms with Crippen LogP contribution in [0.25, 0.3) is 0 Å². The van der Waals surface area contributed by atoms with Crippen molar-refractivity contribution in [1.29, 1.82) is 0 Å². The minimum atomic E-state index is -0.449. The third-order valence-corrected chi connectivity index (χ3v) is 3.58. The van der Waals surface area contributed by atoms with E-state index in [1.165, 1.54) is 0 Å². The number of Topliss-reactive ketones (excluding diaryl/α,β-unsaturated/α-hetero) is 1. The molecular formula is C17H22N2O2. The number of hydrogen-bond acceptors (Lipinski definition) is 3. The van der Waals surface area contributed by atoms with Gasteiger partial charge in [-0.1, -0.05) is 19.6 Å². The summed E-state index contributed by atoms with van der Waals surface area (Å²) in [6.07, 6.45) is 1.05. The van der Waals surface area contributed by atoms with E-state index in [-0.39, 0.29) is 0 Å². The zero-order valence-corrected chi connectivity index (χ0v) is 13.0. The highest BCUT2D eigenvalue weighted by Gasteiger charge is 2.37. The number of carbonyl (C=O) groups is 2. The Hall–Kier alpha value is -1.94. The third-order valence-electron chi connectivity index (χ3n) is 3.58. The van der Waals surface area contributed by atoms with Gasteiger partial charge in [0.25, 0.3) is 11.7 Å². The highest BCUT2D eigenvalue weighted by molar-refractivity contribution is 6.52. The van der Waals surface area contributed by atoms with Gasteiger partial charge in [0.1, 0.15) is 0 Å². The molecule has 1 aromatic carbocycles. The molecule has 1 heterocycles. The van der Waals surface area contributed by atoms with Gasteiger partial charge in [-0.3, -0.25) is 9.59 Å². The Morgan fingerprint density at radius 3 is 2.67 bits per heavy atom. The summed E-state index contributed by atoms with van der Waals surface area (Å²) in [7, 11) is 0. The second-order valence-electron chi connectivity index (χ2n) is 5.63. The second kappa shape index (κ2) is 6.22. The first-order valence-corrected chi connectivity index (χ1v) is 7.30. The molecule has 0 fully saturated rings. The maximum absolute atomic E-state index is 12.2. The summed E-state index contributed by atoms with van der Waals surface area (Å²) >= 11 is 0. The van der Waals surface area contributed by atoms with Gasteiger partial charge in [-0.15, -0.1) is 0 Å². The lowest BCUT2D eigenvalue weighted by Gasteiger charge is -2.20. The highest BCUT2D eigenvalue weighted by atomic mass is 16.2. The third kappa shape index (κ3) is 3.05. The van der Waals surface area contributed by atoms with Gasteiger partial charge in [0.15, 0.2) is 0 Å². The maximum atomic E-state index is 12.2. The summed E-state index contributed by atoms with van der Waals surface area (Å²) in [5.41, 5.74) is 4.12. The molecule has 1 N–H and O–H groups in total. The number of anilines is 1. The predicted molar refractivity (Wildman–Crippen MR) is 84.9 cm³/mol. The highest BCUT2D eigenvalue weighted by Crippen LogP contribution is 2.33. The fourth-order valence-corrected chi connectivity index (χ4v) is 2.70. The topological polar surface area (TPSA) is 49.4 Å². The van der Waals surface area contributed by atoms with Crippen LogP contribution in [0.5, 0.6) is 0 Å². The fourth-order valence-electron chi connectivity index (χ4n) is 2.70. The van der Waals surface area contributed by atoms with Crippen LogP contribution >= 0.6 is 0 Å². The van der Waals surface area contributed by atoms with E-state index in [0.717, 1.165) is 35.4 Å². The molecule has 21 heavy (non-hydrogen) atoms. The van der Waals surface area contributed by atoms with Crippen LogP contribution in [-0.2, 0) is 4.79 Å². The molecule has 0 aromatic heterocycles. The van der Waals surface area contributed by atoms with Gasteiger partial charge in [-0.05, 0) is 49.6 Å². The lowest BCUT2D eigenvalue weighted by atomic mass is 10.0. The summed E-state index contributed by atoms with van der Waals surface area (Å²) in [6, 6.07) is 3.79. The van der Waals surface area contributed by atoms with Crippen molar-refractivity contribution in [3.8, 4) is 0 Å². The number of nitrogens with zero attached hydrogens (tertiary/aromatic N) is 1. The smallest absolute Gasteiger partial charge is 0.299 e. The van der Waals surface area contributed by atoms with E-state index in [1.54, 1.807) is 11.0 Å². The van der Waals surface area contributed by atoms with Gasteiger partial charge in [0, 0.05) is 13.1 Å². The average molecular weight is 286 g/mol. The van der Waals surface area contributed by atoms with Crippen LogP contribution in [0.4, 0.5) is 5.69 Å². The standard InChI is InChI=1S/C17H22N2O2/c1-5-6-18-9-12(3)10-19-15-13(4)7-11(2)8-14(15)16(20)17(19)21/h7-8,18H,3,5-6,9-10H2,1-2,4H3. The summed E-state index contributed by atoms with van der Waals surface area (Å²) in [5.74, 6) is -0.860. The Morgan fingerprint density at radius 1 is 1.29 bits per heavy atom. The first kappa shape index (κ1) is 15.4. The zero-order chi connectivity index (χ0) is 15.6. The number of aryl methyl sites for hydroxylation is 2. The first-order valence-electron chi connectivity index (χ1n) is 7.30.